The molecule has 2 aromatic rings. The van der Waals surface area contributed by atoms with Gasteiger partial charge in [0.15, 0.2) is 6.17 Å². The van der Waals surface area contributed by atoms with E-state index in [1.54, 1.807) is 18.4 Å². The molecule has 0 saturated carbocycles. The van der Waals surface area contributed by atoms with Crippen LogP contribution in [-0.2, 0) is 16.0 Å². The van der Waals surface area contributed by atoms with E-state index in [1.165, 1.54) is 5.56 Å². The highest BCUT2D eigenvalue weighted by molar-refractivity contribution is 9.10. The average Bonchev–Trinajstić information content (AvgIpc) is 3.28. The van der Waals surface area contributed by atoms with Crippen molar-refractivity contribution in [2.24, 2.45) is 4.99 Å². The van der Waals surface area contributed by atoms with Crippen molar-refractivity contribution in [2.45, 2.75) is 32.0 Å². The highest BCUT2D eigenvalue weighted by atomic mass is 79.9. The van der Waals surface area contributed by atoms with Gasteiger partial charge in [0, 0.05) is 10.6 Å². The fraction of sp³-hybridized carbons (Fsp3) is 0.368. The minimum atomic E-state index is -0.308. The maximum absolute atomic E-state index is 12.5. The summed E-state index contributed by atoms with van der Waals surface area (Å²) in [6.45, 7) is 2.18. The van der Waals surface area contributed by atoms with Crippen LogP contribution < -0.4 is 9.64 Å². The summed E-state index contributed by atoms with van der Waals surface area (Å²) < 4.78 is 11.6. The van der Waals surface area contributed by atoms with Crippen LogP contribution in [0, 0.1) is 0 Å². The Bertz CT molecular complexity index is 866. The zero-order chi connectivity index (χ0) is 18.3. The molecule has 1 aromatic carbocycles. The number of fused-ring (bicyclic) bond motifs is 3. The molecule has 0 bridgehead atoms. The van der Waals surface area contributed by atoms with Crippen LogP contribution in [0.25, 0.3) is 0 Å². The van der Waals surface area contributed by atoms with Crippen LogP contribution >= 0.6 is 27.3 Å². The molecular weight excluding hydrogens is 416 g/mol. The van der Waals surface area contributed by atoms with Gasteiger partial charge < -0.3 is 14.4 Å². The quantitative estimate of drug-likeness (QED) is 0.670. The number of carbonyl (C=O) groups excluding carboxylic acids is 1. The van der Waals surface area contributed by atoms with Gasteiger partial charge >= 0.3 is 5.97 Å². The van der Waals surface area contributed by atoms with Crippen LogP contribution in [0.1, 0.15) is 30.0 Å². The zero-order valence-corrected chi connectivity index (χ0v) is 17.0. The van der Waals surface area contributed by atoms with E-state index in [2.05, 4.69) is 39.0 Å². The van der Waals surface area contributed by atoms with E-state index in [1.807, 2.05) is 18.4 Å². The highest BCUT2D eigenvalue weighted by Gasteiger charge is 2.44. The average molecular weight is 435 g/mol. The van der Waals surface area contributed by atoms with Crippen LogP contribution in [0.2, 0.25) is 0 Å². The molecule has 0 radical (unpaired) electrons. The Morgan fingerprint density at radius 2 is 2.31 bits per heavy atom. The normalized spacial score (nSPS) is 21.0. The first-order chi connectivity index (χ1) is 12.6. The number of hydrogen-bond donors (Lipinski definition) is 0. The summed E-state index contributed by atoms with van der Waals surface area (Å²) in [4.78, 5) is 20.7. The smallest absolute Gasteiger partial charge is 0.354 e. The molecule has 1 aromatic heterocycles. The number of anilines is 1. The summed E-state index contributed by atoms with van der Waals surface area (Å²) in [5.74, 6) is 0.512. The minimum Gasteiger partial charge on any atom is -0.496 e. The molecule has 3 heterocycles. The van der Waals surface area contributed by atoms with Gasteiger partial charge in [0.2, 0.25) is 0 Å². The molecule has 0 amide bonds. The van der Waals surface area contributed by atoms with Crippen molar-refractivity contribution in [2.75, 3.05) is 18.6 Å². The number of methoxy groups -OCH3 is 1. The molecule has 0 aliphatic carbocycles. The first kappa shape index (κ1) is 17.5. The number of hydrogen-bond acceptors (Lipinski definition) is 6. The van der Waals surface area contributed by atoms with E-state index in [0.717, 1.165) is 33.6 Å². The number of carbonyl (C=O) groups is 1. The van der Waals surface area contributed by atoms with Gasteiger partial charge in [-0.3, -0.25) is 0 Å². The van der Waals surface area contributed by atoms with Crippen LogP contribution in [0.5, 0.6) is 5.75 Å². The molecule has 0 N–H and O–H groups in total. The lowest BCUT2D eigenvalue weighted by molar-refractivity contribution is -0.135. The Kier molecular flexibility index (Phi) is 4.75. The number of halogens is 1. The number of aliphatic imine (C=N–C) groups is 1. The van der Waals surface area contributed by atoms with E-state index in [0.29, 0.717) is 12.3 Å². The fourth-order valence-electron chi connectivity index (χ4n) is 3.66. The monoisotopic (exact) mass is 434 g/mol. The van der Waals surface area contributed by atoms with Crippen LogP contribution in [-0.4, -0.2) is 31.4 Å². The largest absolute Gasteiger partial charge is 0.496 e. The summed E-state index contributed by atoms with van der Waals surface area (Å²) >= 11 is 5.24. The van der Waals surface area contributed by atoms with Crippen LogP contribution in [0.4, 0.5) is 5.69 Å². The Labute approximate surface area is 164 Å². The zero-order valence-electron chi connectivity index (χ0n) is 14.6. The van der Waals surface area contributed by atoms with Crippen molar-refractivity contribution in [1.82, 2.24) is 0 Å². The lowest BCUT2D eigenvalue weighted by atomic mass is 9.93. The van der Waals surface area contributed by atoms with Gasteiger partial charge in [-0.05, 0) is 64.8 Å². The molecule has 4 rings (SSSR count). The van der Waals surface area contributed by atoms with E-state index >= 15 is 0 Å². The standard InChI is InChI=1S/C19H19BrN2O3S/c1-3-25-19(23)17-13-7-6-11-9-15(24-2)12(20)10-14(11)22(13)18(21-17)16-5-4-8-26-16/h4-5,8-10,13,18H,3,6-7H2,1-2H3. The van der Waals surface area contributed by atoms with Gasteiger partial charge in [-0.25, -0.2) is 9.79 Å². The van der Waals surface area contributed by atoms with Crippen molar-refractivity contribution < 1.29 is 14.3 Å². The topological polar surface area (TPSA) is 51.1 Å². The fourth-order valence-corrected chi connectivity index (χ4v) is 4.92. The predicted octanol–water partition coefficient (Wildman–Crippen LogP) is 4.36. The SMILES string of the molecule is CCOC(=O)C1=NC(c2cccs2)N2c3cc(Br)c(OC)cc3CCC12. The molecule has 0 saturated heterocycles. The number of ether oxygens (including phenoxy) is 2. The van der Waals surface area contributed by atoms with E-state index < -0.39 is 0 Å². The predicted molar refractivity (Wildman–Crippen MR) is 106 cm³/mol. The van der Waals surface area contributed by atoms with Gasteiger partial charge in [0.1, 0.15) is 11.5 Å². The van der Waals surface area contributed by atoms with Crippen LogP contribution in [0.15, 0.2) is 39.1 Å². The second-order valence-electron chi connectivity index (χ2n) is 6.20. The second kappa shape index (κ2) is 7.04. The van der Waals surface area contributed by atoms with Crippen LogP contribution in [0.3, 0.4) is 0 Å². The highest BCUT2D eigenvalue weighted by Crippen LogP contribution is 2.46. The molecular formula is C19H19BrN2O3S. The third-order valence-electron chi connectivity index (χ3n) is 4.78. The first-order valence-corrected chi connectivity index (χ1v) is 10.2. The van der Waals surface area contributed by atoms with E-state index in [-0.39, 0.29) is 18.2 Å². The molecule has 0 spiro atoms. The van der Waals surface area contributed by atoms with Gasteiger partial charge in [0.25, 0.3) is 0 Å². The van der Waals surface area contributed by atoms with Gasteiger partial charge in [-0.15, -0.1) is 11.3 Å². The minimum absolute atomic E-state index is 0.0612. The lowest BCUT2D eigenvalue weighted by Gasteiger charge is -2.37. The third kappa shape index (κ3) is 2.83. The Balaban J connectivity index is 1.81. The molecule has 2 atom stereocenters. The summed E-state index contributed by atoms with van der Waals surface area (Å²) in [6, 6.07) is 8.17. The summed E-state index contributed by atoms with van der Waals surface area (Å²) in [7, 11) is 1.67. The molecule has 26 heavy (non-hydrogen) atoms. The second-order valence-corrected chi connectivity index (χ2v) is 8.03. The molecule has 2 aliphatic heterocycles. The number of aryl methyl sites for hydroxylation is 1. The maximum atomic E-state index is 12.5. The van der Waals surface area contributed by atoms with Crippen molar-refractivity contribution in [3.8, 4) is 5.75 Å². The van der Waals surface area contributed by atoms with E-state index in [9.17, 15) is 4.79 Å². The van der Waals surface area contributed by atoms with Gasteiger partial charge in [0.05, 0.1) is 24.2 Å². The Hall–Kier alpha value is -1.86. The molecule has 2 unspecified atom stereocenters. The number of nitrogens with zero attached hydrogens (tertiary/aromatic N) is 2. The maximum Gasteiger partial charge on any atom is 0.354 e. The van der Waals surface area contributed by atoms with E-state index in [4.69, 9.17) is 14.5 Å². The summed E-state index contributed by atoms with van der Waals surface area (Å²) in [5.41, 5.74) is 2.83. The number of esters is 1. The molecule has 5 nitrogen and oxygen atoms in total. The number of thiophene rings is 1. The number of benzene rings is 1. The third-order valence-corrected chi connectivity index (χ3v) is 6.31. The summed E-state index contributed by atoms with van der Waals surface area (Å²) in [6.07, 6.45) is 1.51. The van der Waals surface area contributed by atoms with Crippen molar-refractivity contribution in [3.05, 3.63) is 44.6 Å². The Morgan fingerprint density at radius 3 is 3.00 bits per heavy atom. The van der Waals surface area contributed by atoms with Crippen molar-refractivity contribution >= 4 is 44.6 Å². The van der Waals surface area contributed by atoms with Gasteiger partial charge in [-0.1, -0.05) is 6.07 Å². The van der Waals surface area contributed by atoms with Crippen molar-refractivity contribution in [3.63, 3.8) is 0 Å². The lowest BCUT2D eigenvalue weighted by Crippen LogP contribution is -2.43. The molecule has 136 valence electrons. The number of rotatable bonds is 4. The summed E-state index contributed by atoms with van der Waals surface area (Å²) in [5, 5.41) is 2.04. The molecule has 0 fully saturated rings. The Morgan fingerprint density at radius 1 is 1.46 bits per heavy atom. The van der Waals surface area contributed by atoms with Gasteiger partial charge in [-0.2, -0.15) is 0 Å². The first-order valence-electron chi connectivity index (χ1n) is 8.57. The molecule has 7 heteroatoms. The molecule has 2 aliphatic rings. The van der Waals surface area contributed by atoms with Crippen molar-refractivity contribution in [1.29, 1.82) is 0 Å².